The fourth-order valence-corrected chi connectivity index (χ4v) is 3.20. The highest BCUT2D eigenvalue weighted by Crippen LogP contribution is 2.31. The summed E-state index contributed by atoms with van der Waals surface area (Å²) in [4.78, 5) is 16.1. The maximum atomic E-state index is 12.1. The van der Waals surface area contributed by atoms with Gasteiger partial charge in [0.1, 0.15) is 0 Å². The third kappa shape index (κ3) is 1.99. The predicted octanol–water partition coefficient (Wildman–Crippen LogP) is 1.66. The highest BCUT2D eigenvalue weighted by atomic mass is 32.1. The first-order valence-electron chi connectivity index (χ1n) is 5.72. The average molecular weight is 238 g/mol. The number of aryl methyl sites for hydroxylation is 2. The van der Waals surface area contributed by atoms with Gasteiger partial charge in [-0.3, -0.25) is 4.79 Å². The van der Waals surface area contributed by atoms with Crippen molar-refractivity contribution in [3.8, 4) is 0 Å². The van der Waals surface area contributed by atoms with Gasteiger partial charge in [-0.2, -0.15) is 0 Å². The van der Waals surface area contributed by atoms with Gasteiger partial charge in [0, 0.05) is 24.5 Å². The van der Waals surface area contributed by atoms with E-state index in [1.807, 2.05) is 14.0 Å². The van der Waals surface area contributed by atoms with Gasteiger partial charge in [-0.1, -0.05) is 0 Å². The van der Waals surface area contributed by atoms with Crippen molar-refractivity contribution >= 4 is 17.2 Å². The first-order valence-corrected chi connectivity index (χ1v) is 6.54. The molecule has 1 atom stereocenters. The maximum Gasteiger partial charge on any atom is 0.263 e. The zero-order valence-corrected chi connectivity index (χ0v) is 10.6. The Balaban J connectivity index is 2.15. The topological polar surface area (TPSA) is 46.3 Å². The molecule has 0 aromatic carbocycles. The van der Waals surface area contributed by atoms with Gasteiger partial charge in [-0.05, 0) is 37.8 Å². The van der Waals surface area contributed by atoms with E-state index in [1.165, 1.54) is 16.9 Å². The largest absolute Gasteiger partial charge is 0.337 e. The Morgan fingerprint density at radius 1 is 1.62 bits per heavy atom. The fraction of sp³-hybridized carbons (Fsp3) is 0.583. The standard InChI is InChI=1S/C12H18N2OS/c1-8(7-13)14(2)12(15)11-6-9-4-3-5-10(9)16-11/h6,8H,3-5,7,13H2,1-2H3. The van der Waals surface area contributed by atoms with E-state index in [0.717, 1.165) is 17.7 Å². The number of nitrogens with zero attached hydrogens (tertiary/aromatic N) is 1. The van der Waals surface area contributed by atoms with Crippen LogP contribution in [0.4, 0.5) is 0 Å². The molecule has 4 heteroatoms. The Kier molecular flexibility index (Phi) is 3.30. The summed E-state index contributed by atoms with van der Waals surface area (Å²) in [6.45, 7) is 2.48. The van der Waals surface area contributed by atoms with E-state index in [0.29, 0.717) is 6.54 Å². The number of rotatable bonds is 3. The molecule has 0 aliphatic heterocycles. The molecule has 0 bridgehead atoms. The van der Waals surface area contributed by atoms with E-state index in [-0.39, 0.29) is 11.9 Å². The van der Waals surface area contributed by atoms with Crippen LogP contribution >= 0.6 is 11.3 Å². The van der Waals surface area contributed by atoms with Gasteiger partial charge in [0.15, 0.2) is 0 Å². The smallest absolute Gasteiger partial charge is 0.263 e. The molecular formula is C12H18N2OS. The summed E-state index contributed by atoms with van der Waals surface area (Å²) >= 11 is 1.65. The van der Waals surface area contributed by atoms with Crippen LogP contribution in [0.1, 0.15) is 33.5 Å². The fourth-order valence-electron chi connectivity index (χ4n) is 1.97. The Morgan fingerprint density at radius 2 is 2.38 bits per heavy atom. The van der Waals surface area contributed by atoms with Crippen molar-refractivity contribution in [3.63, 3.8) is 0 Å². The molecule has 2 rings (SSSR count). The number of likely N-dealkylation sites (N-methyl/N-ethyl adjacent to an activating group) is 1. The number of fused-ring (bicyclic) bond motifs is 1. The second-order valence-electron chi connectivity index (χ2n) is 4.41. The van der Waals surface area contributed by atoms with Crippen LogP contribution in [-0.4, -0.2) is 30.4 Å². The first-order chi connectivity index (χ1) is 7.63. The summed E-state index contributed by atoms with van der Waals surface area (Å²) in [5.41, 5.74) is 6.95. The van der Waals surface area contributed by atoms with Crippen molar-refractivity contribution in [2.24, 2.45) is 5.73 Å². The molecule has 0 radical (unpaired) electrons. The summed E-state index contributed by atoms with van der Waals surface area (Å²) in [5.74, 6) is 0.109. The minimum absolute atomic E-state index is 0.101. The Hall–Kier alpha value is -0.870. The maximum absolute atomic E-state index is 12.1. The number of carbonyl (C=O) groups is 1. The van der Waals surface area contributed by atoms with Gasteiger partial charge >= 0.3 is 0 Å². The number of nitrogens with two attached hydrogens (primary N) is 1. The summed E-state index contributed by atoms with van der Waals surface area (Å²) in [6.07, 6.45) is 3.52. The molecule has 16 heavy (non-hydrogen) atoms. The van der Waals surface area contributed by atoms with E-state index in [2.05, 4.69) is 6.07 Å². The zero-order chi connectivity index (χ0) is 11.7. The van der Waals surface area contributed by atoms with Crippen molar-refractivity contribution in [3.05, 3.63) is 21.4 Å². The third-order valence-electron chi connectivity index (χ3n) is 3.28. The Morgan fingerprint density at radius 3 is 3.00 bits per heavy atom. The van der Waals surface area contributed by atoms with Crippen molar-refractivity contribution in [1.29, 1.82) is 0 Å². The molecule has 0 spiro atoms. The van der Waals surface area contributed by atoms with Crippen molar-refractivity contribution in [2.75, 3.05) is 13.6 Å². The van der Waals surface area contributed by atoms with E-state index in [4.69, 9.17) is 5.73 Å². The lowest BCUT2D eigenvalue weighted by Gasteiger charge is -2.22. The van der Waals surface area contributed by atoms with Crippen LogP contribution in [0.2, 0.25) is 0 Å². The Bertz CT molecular complexity index is 378. The monoisotopic (exact) mass is 238 g/mol. The van der Waals surface area contributed by atoms with Gasteiger partial charge in [0.2, 0.25) is 0 Å². The van der Waals surface area contributed by atoms with Crippen LogP contribution < -0.4 is 5.73 Å². The van der Waals surface area contributed by atoms with Crippen LogP contribution in [0.3, 0.4) is 0 Å². The van der Waals surface area contributed by atoms with Crippen molar-refractivity contribution in [1.82, 2.24) is 4.90 Å². The summed E-state index contributed by atoms with van der Waals surface area (Å²) < 4.78 is 0. The minimum atomic E-state index is 0.101. The van der Waals surface area contributed by atoms with Gasteiger partial charge in [-0.15, -0.1) is 11.3 Å². The van der Waals surface area contributed by atoms with Gasteiger partial charge in [0.05, 0.1) is 4.88 Å². The first kappa shape index (κ1) is 11.6. The van der Waals surface area contributed by atoms with Crippen LogP contribution in [0.15, 0.2) is 6.07 Å². The molecule has 1 heterocycles. The number of thiophene rings is 1. The van der Waals surface area contributed by atoms with E-state index in [9.17, 15) is 4.79 Å². The highest BCUT2D eigenvalue weighted by molar-refractivity contribution is 7.14. The van der Waals surface area contributed by atoms with Gasteiger partial charge in [0.25, 0.3) is 5.91 Å². The van der Waals surface area contributed by atoms with E-state index >= 15 is 0 Å². The van der Waals surface area contributed by atoms with E-state index in [1.54, 1.807) is 16.2 Å². The lowest BCUT2D eigenvalue weighted by atomic mass is 10.2. The van der Waals surface area contributed by atoms with Gasteiger partial charge < -0.3 is 10.6 Å². The average Bonchev–Trinajstić information content (AvgIpc) is 2.85. The van der Waals surface area contributed by atoms with Crippen LogP contribution in [0, 0.1) is 0 Å². The molecule has 88 valence electrons. The van der Waals surface area contributed by atoms with Crippen LogP contribution in [-0.2, 0) is 12.8 Å². The zero-order valence-electron chi connectivity index (χ0n) is 9.82. The normalized spacial score (nSPS) is 15.9. The quantitative estimate of drug-likeness (QED) is 0.870. The molecule has 1 aromatic rings. The summed E-state index contributed by atoms with van der Waals surface area (Å²) in [6, 6.07) is 2.17. The molecule has 1 aliphatic carbocycles. The third-order valence-corrected chi connectivity index (χ3v) is 4.51. The minimum Gasteiger partial charge on any atom is -0.337 e. The second-order valence-corrected chi connectivity index (χ2v) is 5.55. The molecular weight excluding hydrogens is 220 g/mol. The molecule has 1 amide bonds. The summed E-state index contributed by atoms with van der Waals surface area (Å²) in [5, 5.41) is 0. The van der Waals surface area contributed by atoms with Crippen molar-refractivity contribution < 1.29 is 4.79 Å². The second kappa shape index (κ2) is 4.55. The molecule has 0 saturated carbocycles. The van der Waals surface area contributed by atoms with Crippen LogP contribution in [0.5, 0.6) is 0 Å². The Labute approximate surface area is 100 Å². The summed E-state index contributed by atoms with van der Waals surface area (Å²) in [7, 11) is 1.82. The number of carbonyl (C=O) groups excluding carboxylic acids is 1. The molecule has 1 aliphatic rings. The van der Waals surface area contributed by atoms with E-state index < -0.39 is 0 Å². The van der Waals surface area contributed by atoms with Gasteiger partial charge in [-0.25, -0.2) is 0 Å². The predicted molar refractivity (Wildman–Crippen MR) is 67.0 cm³/mol. The highest BCUT2D eigenvalue weighted by Gasteiger charge is 2.22. The van der Waals surface area contributed by atoms with Crippen LogP contribution in [0.25, 0.3) is 0 Å². The molecule has 0 saturated heterocycles. The molecule has 1 aromatic heterocycles. The molecule has 0 fully saturated rings. The number of hydrogen-bond donors (Lipinski definition) is 1. The lowest BCUT2D eigenvalue weighted by Crippen LogP contribution is -2.39. The molecule has 3 nitrogen and oxygen atoms in total. The number of amides is 1. The lowest BCUT2D eigenvalue weighted by molar-refractivity contribution is 0.0753. The molecule has 1 unspecified atom stereocenters. The molecule has 2 N–H and O–H groups in total. The number of hydrogen-bond acceptors (Lipinski definition) is 3. The SMILES string of the molecule is CC(CN)N(C)C(=O)c1cc2c(s1)CCC2. The van der Waals surface area contributed by atoms with Crippen molar-refractivity contribution in [2.45, 2.75) is 32.2 Å².